The van der Waals surface area contributed by atoms with Gasteiger partial charge in [0.2, 0.25) is 10.0 Å². The normalized spacial score (nSPS) is 16.7. The second-order valence-electron chi connectivity index (χ2n) is 5.05. The SMILES string of the molecule is CCCN(C1CCNCC1)S(=O)(=O)c1ccc(Br)cc1.Cl. The zero-order valence-electron chi connectivity index (χ0n) is 12.1. The first kappa shape index (κ1) is 18.9. The van der Waals surface area contributed by atoms with E-state index >= 15 is 0 Å². The third-order valence-electron chi connectivity index (χ3n) is 3.58. The molecule has 0 aromatic heterocycles. The van der Waals surface area contributed by atoms with Crippen LogP contribution in [0.1, 0.15) is 26.2 Å². The minimum Gasteiger partial charge on any atom is -0.317 e. The second-order valence-corrected chi connectivity index (χ2v) is 7.86. The average Bonchev–Trinajstić information content (AvgIpc) is 2.46. The number of piperidine rings is 1. The molecule has 1 N–H and O–H groups in total. The Labute approximate surface area is 141 Å². The summed E-state index contributed by atoms with van der Waals surface area (Å²) in [5.74, 6) is 0. The number of sulfonamides is 1. The van der Waals surface area contributed by atoms with E-state index in [9.17, 15) is 8.42 Å². The van der Waals surface area contributed by atoms with Crippen molar-refractivity contribution in [2.45, 2.75) is 37.1 Å². The van der Waals surface area contributed by atoms with Gasteiger partial charge in [-0.3, -0.25) is 0 Å². The molecular weight excluding hydrogens is 376 g/mol. The number of hydrogen-bond acceptors (Lipinski definition) is 3. The zero-order valence-corrected chi connectivity index (χ0v) is 15.3. The first-order valence-electron chi connectivity index (χ1n) is 7.04. The van der Waals surface area contributed by atoms with Gasteiger partial charge in [-0.05, 0) is 56.6 Å². The van der Waals surface area contributed by atoms with Crippen molar-refractivity contribution in [1.82, 2.24) is 9.62 Å². The first-order chi connectivity index (χ1) is 9.55. The Hall–Kier alpha value is -0.140. The van der Waals surface area contributed by atoms with Gasteiger partial charge in [0, 0.05) is 17.1 Å². The van der Waals surface area contributed by atoms with E-state index in [1.54, 1.807) is 28.6 Å². The van der Waals surface area contributed by atoms with E-state index in [4.69, 9.17) is 0 Å². The lowest BCUT2D eigenvalue weighted by atomic mass is 10.1. The predicted molar refractivity (Wildman–Crippen MR) is 91.5 cm³/mol. The summed E-state index contributed by atoms with van der Waals surface area (Å²) in [6.07, 6.45) is 2.60. The number of rotatable bonds is 5. The van der Waals surface area contributed by atoms with Crippen LogP contribution in [0.5, 0.6) is 0 Å². The molecule has 1 aromatic rings. The summed E-state index contributed by atoms with van der Waals surface area (Å²) >= 11 is 3.34. The molecule has 1 heterocycles. The van der Waals surface area contributed by atoms with Crippen LogP contribution in [0.15, 0.2) is 33.6 Å². The Morgan fingerprint density at radius 2 is 1.81 bits per heavy atom. The third kappa shape index (κ3) is 4.66. The fourth-order valence-electron chi connectivity index (χ4n) is 2.56. The molecule has 1 saturated heterocycles. The molecule has 0 saturated carbocycles. The van der Waals surface area contributed by atoms with Crippen LogP contribution in [-0.2, 0) is 10.0 Å². The first-order valence-corrected chi connectivity index (χ1v) is 9.27. The molecule has 0 unspecified atom stereocenters. The molecule has 1 fully saturated rings. The Balaban J connectivity index is 0.00000220. The van der Waals surface area contributed by atoms with E-state index in [2.05, 4.69) is 21.2 Å². The molecule has 0 aliphatic carbocycles. The van der Waals surface area contributed by atoms with Crippen LogP contribution >= 0.6 is 28.3 Å². The van der Waals surface area contributed by atoms with Gasteiger partial charge >= 0.3 is 0 Å². The molecule has 0 atom stereocenters. The standard InChI is InChI=1S/C14H21BrN2O2S.ClH/c1-2-11-17(13-7-9-16-10-8-13)20(18,19)14-5-3-12(15)4-6-14;/h3-6,13,16H,2,7-11H2,1H3;1H. The molecule has 2 rings (SSSR count). The highest BCUT2D eigenvalue weighted by Gasteiger charge is 2.31. The topological polar surface area (TPSA) is 49.4 Å². The van der Waals surface area contributed by atoms with E-state index in [0.29, 0.717) is 11.4 Å². The molecule has 120 valence electrons. The molecular formula is C14H22BrClN2O2S. The highest BCUT2D eigenvalue weighted by molar-refractivity contribution is 9.10. The van der Waals surface area contributed by atoms with E-state index in [1.165, 1.54) is 0 Å². The van der Waals surface area contributed by atoms with Crippen molar-refractivity contribution in [3.8, 4) is 0 Å². The number of hydrogen-bond donors (Lipinski definition) is 1. The van der Waals surface area contributed by atoms with Gasteiger partial charge in [-0.25, -0.2) is 8.42 Å². The molecule has 1 aromatic carbocycles. The van der Waals surface area contributed by atoms with E-state index in [0.717, 1.165) is 36.8 Å². The van der Waals surface area contributed by atoms with Crippen molar-refractivity contribution in [1.29, 1.82) is 0 Å². The molecule has 0 radical (unpaired) electrons. The summed E-state index contributed by atoms with van der Waals surface area (Å²) in [6.45, 7) is 4.38. The highest BCUT2D eigenvalue weighted by Crippen LogP contribution is 2.24. The fraction of sp³-hybridized carbons (Fsp3) is 0.571. The van der Waals surface area contributed by atoms with Crippen LogP contribution < -0.4 is 5.32 Å². The zero-order chi connectivity index (χ0) is 14.6. The number of benzene rings is 1. The Bertz CT molecular complexity index is 530. The highest BCUT2D eigenvalue weighted by atomic mass is 79.9. The van der Waals surface area contributed by atoms with Gasteiger partial charge in [0.1, 0.15) is 0 Å². The summed E-state index contributed by atoms with van der Waals surface area (Å²) in [7, 11) is -3.39. The van der Waals surface area contributed by atoms with Crippen molar-refractivity contribution in [3.05, 3.63) is 28.7 Å². The molecule has 7 heteroatoms. The lowest BCUT2D eigenvalue weighted by Crippen LogP contribution is -2.46. The molecule has 4 nitrogen and oxygen atoms in total. The maximum Gasteiger partial charge on any atom is 0.243 e. The van der Waals surface area contributed by atoms with E-state index in [1.807, 2.05) is 6.92 Å². The van der Waals surface area contributed by atoms with Gasteiger partial charge in [0.15, 0.2) is 0 Å². The van der Waals surface area contributed by atoms with Crippen LogP contribution in [0.4, 0.5) is 0 Å². The molecule has 1 aliphatic rings. The van der Waals surface area contributed by atoms with Gasteiger partial charge in [-0.1, -0.05) is 22.9 Å². The lowest BCUT2D eigenvalue weighted by molar-refractivity contribution is 0.262. The van der Waals surface area contributed by atoms with Crippen molar-refractivity contribution in [3.63, 3.8) is 0 Å². The molecule has 0 amide bonds. The summed E-state index contributed by atoms with van der Waals surface area (Å²) in [4.78, 5) is 0.382. The minimum atomic E-state index is -3.39. The smallest absolute Gasteiger partial charge is 0.243 e. The van der Waals surface area contributed by atoms with Crippen molar-refractivity contribution >= 4 is 38.4 Å². The monoisotopic (exact) mass is 396 g/mol. The largest absolute Gasteiger partial charge is 0.317 e. The Kier molecular flexibility index (Phi) is 7.64. The minimum absolute atomic E-state index is 0. The Morgan fingerprint density at radius 1 is 1.24 bits per heavy atom. The Morgan fingerprint density at radius 3 is 2.33 bits per heavy atom. The molecule has 1 aliphatic heterocycles. The van der Waals surface area contributed by atoms with Crippen molar-refractivity contribution < 1.29 is 8.42 Å². The van der Waals surface area contributed by atoms with Crippen LogP contribution in [-0.4, -0.2) is 38.4 Å². The average molecular weight is 398 g/mol. The summed E-state index contributed by atoms with van der Waals surface area (Å²) in [5.41, 5.74) is 0. The van der Waals surface area contributed by atoms with Gasteiger partial charge in [-0.2, -0.15) is 4.31 Å². The fourth-order valence-corrected chi connectivity index (χ4v) is 4.60. The van der Waals surface area contributed by atoms with Crippen molar-refractivity contribution in [2.24, 2.45) is 0 Å². The maximum absolute atomic E-state index is 12.8. The van der Waals surface area contributed by atoms with Crippen LogP contribution in [0, 0.1) is 0 Å². The third-order valence-corrected chi connectivity index (χ3v) is 6.07. The molecule has 0 spiro atoms. The van der Waals surface area contributed by atoms with Gasteiger partial charge in [0.05, 0.1) is 4.90 Å². The summed E-state index contributed by atoms with van der Waals surface area (Å²) in [6, 6.07) is 7.01. The van der Waals surface area contributed by atoms with Gasteiger partial charge in [0.25, 0.3) is 0 Å². The van der Waals surface area contributed by atoms with Crippen molar-refractivity contribution in [2.75, 3.05) is 19.6 Å². The number of halogens is 2. The maximum atomic E-state index is 12.8. The van der Waals surface area contributed by atoms with Crippen LogP contribution in [0.25, 0.3) is 0 Å². The van der Waals surface area contributed by atoms with Crippen LogP contribution in [0.2, 0.25) is 0 Å². The van der Waals surface area contributed by atoms with Gasteiger partial charge < -0.3 is 5.32 Å². The molecule has 21 heavy (non-hydrogen) atoms. The lowest BCUT2D eigenvalue weighted by Gasteiger charge is -2.33. The summed E-state index contributed by atoms with van der Waals surface area (Å²) in [5, 5.41) is 3.28. The quantitative estimate of drug-likeness (QED) is 0.831. The second kappa shape index (κ2) is 8.48. The van der Waals surface area contributed by atoms with E-state index in [-0.39, 0.29) is 18.4 Å². The molecule has 0 bridgehead atoms. The van der Waals surface area contributed by atoms with E-state index < -0.39 is 10.0 Å². The number of nitrogens with zero attached hydrogens (tertiary/aromatic N) is 1. The predicted octanol–water partition coefficient (Wildman–Crippen LogP) is 3.02. The summed E-state index contributed by atoms with van der Waals surface area (Å²) < 4.78 is 28.2. The van der Waals surface area contributed by atoms with Gasteiger partial charge in [-0.15, -0.1) is 12.4 Å². The van der Waals surface area contributed by atoms with Crippen LogP contribution in [0.3, 0.4) is 0 Å². The number of nitrogens with one attached hydrogen (secondary N) is 1.